The molecule has 1 aliphatic carbocycles. The van der Waals surface area contributed by atoms with Crippen molar-refractivity contribution in [3.63, 3.8) is 0 Å². The summed E-state index contributed by atoms with van der Waals surface area (Å²) in [5, 5.41) is 6.51. The van der Waals surface area contributed by atoms with Crippen molar-refractivity contribution in [1.82, 2.24) is 0 Å². The minimum Gasteiger partial charge on any atom is -0.449 e. The molecular formula is C24H26N2O3. The van der Waals surface area contributed by atoms with E-state index < -0.39 is 0 Å². The lowest BCUT2D eigenvalue weighted by Gasteiger charge is -2.20. The number of furan rings is 1. The molecule has 1 saturated carbocycles. The minimum atomic E-state index is -0.380. The molecule has 0 bridgehead atoms. The van der Waals surface area contributed by atoms with E-state index in [0.717, 1.165) is 11.8 Å². The summed E-state index contributed by atoms with van der Waals surface area (Å²) >= 11 is 0. The molecule has 0 aliphatic heterocycles. The number of anilines is 2. The highest BCUT2D eigenvalue weighted by molar-refractivity contribution is 6.14. The van der Waals surface area contributed by atoms with Gasteiger partial charge in [-0.3, -0.25) is 9.59 Å². The number of para-hydroxylation sites is 2. The van der Waals surface area contributed by atoms with Crippen LogP contribution in [0.1, 0.15) is 55.5 Å². The van der Waals surface area contributed by atoms with Crippen molar-refractivity contribution < 1.29 is 14.0 Å². The smallest absolute Gasteiger partial charge is 0.293 e. The largest absolute Gasteiger partial charge is 0.449 e. The van der Waals surface area contributed by atoms with Gasteiger partial charge >= 0.3 is 0 Å². The first-order valence-corrected chi connectivity index (χ1v) is 10.4. The summed E-state index contributed by atoms with van der Waals surface area (Å²) in [5.41, 5.74) is 1.70. The first-order valence-electron chi connectivity index (χ1n) is 10.4. The predicted octanol–water partition coefficient (Wildman–Crippen LogP) is 5.98. The Bertz CT molecular complexity index is 988. The van der Waals surface area contributed by atoms with Crippen LogP contribution in [0.5, 0.6) is 0 Å². The van der Waals surface area contributed by atoms with Gasteiger partial charge in [-0.1, -0.05) is 62.4 Å². The number of hydrogen-bond donors (Lipinski definition) is 2. The van der Waals surface area contributed by atoms with E-state index in [4.69, 9.17) is 4.42 Å². The summed E-state index contributed by atoms with van der Waals surface area (Å²) in [6.45, 7) is 0. The summed E-state index contributed by atoms with van der Waals surface area (Å²) in [6, 6.07) is 16.6. The van der Waals surface area contributed by atoms with E-state index in [9.17, 15) is 9.59 Å². The Labute approximate surface area is 170 Å². The number of rotatable bonds is 6. The van der Waals surface area contributed by atoms with Gasteiger partial charge in [0.15, 0.2) is 0 Å². The standard InChI is InChI=1S/C24H26N2O3/c27-21(16-15-17-9-3-1-4-10-17)26-22-19-13-7-8-14-20(19)29-23(22)24(28)25-18-11-5-2-6-12-18/h2,5-8,11-14,17H,1,3-4,9-10,15-16H2,(H,25,28)(H,26,27). The lowest BCUT2D eigenvalue weighted by Crippen LogP contribution is -2.18. The average molecular weight is 390 g/mol. The van der Waals surface area contributed by atoms with Crippen LogP contribution >= 0.6 is 0 Å². The average Bonchev–Trinajstić information content (AvgIpc) is 3.12. The monoisotopic (exact) mass is 390 g/mol. The van der Waals surface area contributed by atoms with Gasteiger partial charge in [0, 0.05) is 17.5 Å². The molecule has 2 aromatic carbocycles. The molecule has 150 valence electrons. The maximum Gasteiger partial charge on any atom is 0.293 e. The number of benzene rings is 2. The molecule has 5 heteroatoms. The van der Waals surface area contributed by atoms with Crippen LogP contribution in [-0.2, 0) is 4.79 Å². The Kier molecular flexibility index (Phi) is 5.94. The Balaban J connectivity index is 1.51. The zero-order valence-electron chi connectivity index (χ0n) is 16.4. The highest BCUT2D eigenvalue weighted by Crippen LogP contribution is 2.32. The van der Waals surface area contributed by atoms with Crippen molar-refractivity contribution in [2.45, 2.75) is 44.9 Å². The number of carbonyl (C=O) groups excluding carboxylic acids is 2. The molecule has 2 amide bonds. The number of nitrogens with one attached hydrogen (secondary N) is 2. The number of amides is 2. The third-order valence-corrected chi connectivity index (χ3v) is 5.60. The van der Waals surface area contributed by atoms with Gasteiger partial charge in [-0.2, -0.15) is 0 Å². The molecule has 0 atom stereocenters. The highest BCUT2D eigenvalue weighted by atomic mass is 16.3. The third kappa shape index (κ3) is 4.67. The summed E-state index contributed by atoms with van der Waals surface area (Å²) < 4.78 is 5.80. The van der Waals surface area contributed by atoms with Crippen molar-refractivity contribution >= 4 is 34.2 Å². The number of hydrogen-bond acceptors (Lipinski definition) is 3. The van der Waals surface area contributed by atoms with E-state index in [0.29, 0.717) is 29.3 Å². The van der Waals surface area contributed by atoms with E-state index in [1.807, 2.05) is 48.5 Å². The molecule has 0 radical (unpaired) electrons. The molecule has 3 aromatic rings. The van der Waals surface area contributed by atoms with Gasteiger partial charge in [0.2, 0.25) is 11.7 Å². The molecule has 2 N–H and O–H groups in total. The van der Waals surface area contributed by atoms with Crippen LogP contribution in [-0.4, -0.2) is 11.8 Å². The number of fused-ring (bicyclic) bond motifs is 1. The van der Waals surface area contributed by atoms with Crippen LogP contribution in [0.15, 0.2) is 59.0 Å². The fourth-order valence-corrected chi connectivity index (χ4v) is 4.05. The molecular weight excluding hydrogens is 364 g/mol. The molecule has 1 aliphatic rings. The molecule has 1 fully saturated rings. The third-order valence-electron chi connectivity index (χ3n) is 5.60. The van der Waals surface area contributed by atoms with Crippen LogP contribution in [0, 0.1) is 5.92 Å². The van der Waals surface area contributed by atoms with Gasteiger partial charge in [0.05, 0.1) is 0 Å². The van der Waals surface area contributed by atoms with Gasteiger partial charge in [-0.15, -0.1) is 0 Å². The zero-order chi connectivity index (χ0) is 20.1. The normalized spacial score (nSPS) is 14.6. The maximum atomic E-state index is 12.8. The molecule has 0 spiro atoms. The summed E-state index contributed by atoms with van der Waals surface area (Å²) in [6.07, 6.45) is 7.63. The number of carbonyl (C=O) groups is 2. The van der Waals surface area contributed by atoms with Crippen LogP contribution in [0.25, 0.3) is 11.0 Å². The van der Waals surface area contributed by atoms with Gasteiger partial charge in [-0.25, -0.2) is 0 Å². The summed E-state index contributed by atoms with van der Waals surface area (Å²) in [7, 11) is 0. The molecule has 4 rings (SSSR count). The van der Waals surface area contributed by atoms with Crippen LogP contribution < -0.4 is 10.6 Å². The van der Waals surface area contributed by atoms with Crippen molar-refractivity contribution in [2.24, 2.45) is 5.92 Å². The Hall–Kier alpha value is -3.08. The van der Waals surface area contributed by atoms with Gasteiger partial charge in [0.25, 0.3) is 5.91 Å². The van der Waals surface area contributed by atoms with Gasteiger partial charge in [-0.05, 0) is 36.6 Å². The molecule has 0 saturated heterocycles. The molecule has 1 aromatic heterocycles. The van der Waals surface area contributed by atoms with Gasteiger partial charge in [0.1, 0.15) is 11.3 Å². The fourth-order valence-electron chi connectivity index (χ4n) is 4.05. The topological polar surface area (TPSA) is 71.3 Å². The molecule has 29 heavy (non-hydrogen) atoms. The van der Waals surface area contributed by atoms with Crippen molar-refractivity contribution in [3.8, 4) is 0 Å². The SMILES string of the molecule is O=C(CCC1CCCCC1)Nc1c(C(=O)Nc2ccccc2)oc2ccccc12. The predicted molar refractivity (Wildman–Crippen MR) is 115 cm³/mol. The van der Waals surface area contributed by atoms with E-state index in [2.05, 4.69) is 10.6 Å². The van der Waals surface area contributed by atoms with Crippen LogP contribution in [0.3, 0.4) is 0 Å². The Morgan fingerprint density at radius 2 is 1.62 bits per heavy atom. The van der Waals surface area contributed by atoms with Gasteiger partial charge < -0.3 is 15.1 Å². The summed E-state index contributed by atoms with van der Waals surface area (Å²) in [5.74, 6) is 0.309. The molecule has 0 unspecified atom stereocenters. The van der Waals surface area contributed by atoms with E-state index >= 15 is 0 Å². The second-order valence-electron chi connectivity index (χ2n) is 7.71. The Morgan fingerprint density at radius 1 is 0.897 bits per heavy atom. The van der Waals surface area contributed by atoms with Crippen molar-refractivity contribution in [2.75, 3.05) is 10.6 Å². The fraction of sp³-hybridized carbons (Fsp3) is 0.333. The maximum absolute atomic E-state index is 12.8. The Morgan fingerprint density at radius 3 is 2.41 bits per heavy atom. The quantitative estimate of drug-likeness (QED) is 0.543. The highest BCUT2D eigenvalue weighted by Gasteiger charge is 2.23. The minimum absolute atomic E-state index is 0.0733. The first-order chi connectivity index (χ1) is 14.2. The van der Waals surface area contributed by atoms with E-state index in [1.165, 1.54) is 32.1 Å². The first kappa shape index (κ1) is 19.2. The van der Waals surface area contributed by atoms with Crippen LogP contribution in [0.4, 0.5) is 11.4 Å². The second kappa shape index (κ2) is 8.95. The zero-order valence-corrected chi connectivity index (χ0v) is 16.4. The van der Waals surface area contributed by atoms with E-state index in [-0.39, 0.29) is 17.6 Å². The lowest BCUT2D eigenvalue weighted by molar-refractivity contribution is -0.116. The summed E-state index contributed by atoms with van der Waals surface area (Å²) in [4.78, 5) is 25.5. The molecule has 1 heterocycles. The van der Waals surface area contributed by atoms with Crippen molar-refractivity contribution in [3.05, 3.63) is 60.4 Å². The van der Waals surface area contributed by atoms with E-state index in [1.54, 1.807) is 6.07 Å². The molecule has 5 nitrogen and oxygen atoms in total. The van der Waals surface area contributed by atoms with Crippen LogP contribution in [0.2, 0.25) is 0 Å². The van der Waals surface area contributed by atoms with Crippen molar-refractivity contribution in [1.29, 1.82) is 0 Å². The second-order valence-corrected chi connectivity index (χ2v) is 7.71. The lowest BCUT2D eigenvalue weighted by atomic mass is 9.86.